The minimum absolute atomic E-state index is 0.638. The molecule has 0 aliphatic heterocycles. The Morgan fingerprint density at radius 1 is 0.299 bits per heavy atom. The van der Waals surface area contributed by atoms with Gasteiger partial charge in [-0.2, -0.15) is 0 Å². The lowest BCUT2D eigenvalue weighted by Crippen LogP contribution is -2.29. The van der Waals surface area contributed by atoms with E-state index in [9.17, 15) is 0 Å². The van der Waals surface area contributed by atoms with Gasteiger partial charge in [-0.25, -0.2) is 0 Å². The standard InChI is InChI=1S/C65H50N2/c1-43-33-44(2)36-55(35-43)66(51-23-13-7-14-24-51)53-30-29-47-40-61-62(41-48(47)39-53)65(49-19-9-5-10-20-49,50-21-11-6-12-22-50)64-59-32-31-54(42-60(59)57-27-17-18-28-58(57)63(61)64)67(52-25-15-8-16-26-52)56-37-45(3)34-46(4)38-56/h5-42H,1-4H3. The molecule has 67 heavy (non-hydrogen) atoms. The Morgan fingerprint density at radius 3 is 1.30 bits per heavy atom. The number of benzene rings is 11. The van der Waals surface area contributed by atoms with Crippen molar-refractivity contribution in [2.24, 2.45) is 0 Å². The highest BCUT2D eigenvalue weighted by molar-refractivity contribution is 6.20. The van der Waals surface area contributed by atoms with E-state index in [0.29, 0.717) is 0 Å². The Kier molecular flexibility index (Phi) is 9.66. The SMILES string of the molecule is Cc1cc(C)cc(N(c2ccccc2)c2ccc3cc4c(cc3c2)C(c2ccccc2)(c2ccccc2)c2c-4c3ccccc3c3cc(N(c4ccccc4)c4cc(C)cc(C)c4)ccc23)c1. The molecule has 1 aliphatic rings. The molecule has 0 spiro atoms. The zero-order valence-corrected chi connectivity index (χ0v) is 38.3. The fourth-order valence-electron chi connectivity index (χ4n) is 11.4. The summed E-state index contributed by atoms with van der Waals surface area (Å²) in [4.78, 5) is 4.82. The largest absolute Gasteiger partial charge is 0.310 e. The van der Waals surface area contributed by atoms with Crippen molar-refractivity contribution in [1.82, 2.24) is 0 Å². The molecular weight excluding hydrogens is 809 g/mol. The predicted octanol–water partition coefficient (Wildman–Crippen LogP) is 17.7. The number of rotatable bonds is 8. The first kappa shape index (κ1) is 40.3. The van der Waals surface area contributed by atoms with Crippen LogP contribution in [-0.4, -0.2) is 0 Å². The molecule has 11 aromatic carbocycles. The third kappa shape index (κ3) is 6.63. The average molecular weight is 859 g/mol. The highest BCUT2D eigenvalue weighted by Crippen LogP contribution is 2.61. The summed E-state index contributed by atoms with van der Waals surface area (Å²) in [7, 11) is 0. The van der Waals surface area contributed by atoms with Crippen LogP contribution in [-0.2, 0) is 5.41 Å². The summed E-state index contributed by atoms with van der Waals surface area (Å²) in [6.07, 6.45) is 0. The van der Waals surface area contributed by atoms with E-state index in [4.69, 9.17) is 0 Å². The van der Waals surface area contributed by atoms with Crippen LogP contribution in [0.1, 0.15) is 44.5 Å². The molecule has 0 unspecified atom stereocenters. The third-order valence-corrected chi connectivity index (χ3v) is 13.9. The first-order valence-corrected chi connectivity index (χ1v) is 23.4. The summed E-state index contributed by atoms with van der Waals surface area (Å²) in [5, 5.41) is 7.41. The second-order valence-corrected chi connectivity index (χ2v) is 18.5. The van der Waals surface area contributed by atoms with E-state index in [2.05, 4.69) is 268 Å². The third-order valence-electron chi connectivity index (χ3n) is 13.9. The molecule has 2 nitrogen and oxygen atoms in total. The molecule has 0 bridgehead atoms. The Balaban J connectivity index is 1.17. The highest BCUT2D eigenvalue weighted by atomic mass is 15.1. The van der Waals surface area contributed by atoms with Crippen LogP contribution in [0.2, 0.25) is 0 Å². The summed E-state index contributed by atoms with van der Waals surface area (Å²) < 4.78 is 0. The number of hydrogen-bond acceptors (Lipinski definition) is 2. The molecule has 0 heterocycles. The number of anilines is 6. The van der Waals surface area contributed by atoms with Crippen LogP contribution in [0.25, 0.3) is 43.4 Å². The number of nitrogens with zero attached hydrogens (tertiary/aromatic N) is 2. The molecule has 0 radical (unpaired) electrons. The van der Waals surface area contributed by atoms with Gasteiger partial charge in [-0.05, 0) is 201 Å². The molecule has 11 aromatic rings. The Morgan fingerprint density at radius 2 is 0.761 bits per heavy atom. The number of aryl methyl sites for hydroxylation is 4. The maximum atomic E-state index is 2.52. The summed E-state index contributed by atoms with van der Waals surface area (Å²) in [6, 6.07) is 86.1. The molecule has 12 rings (SSSR count). The fourth-order valence-corrected chi connectivity index (χ4v) is 11.4. The van der Waals surface area contributed by atoms with E-state index in [1.165, 1.54) is 88.0 Å². The smallest absolute Gasteiger partial charge is 0.0720 e. The lowest BCUT2D eigenvalue weighted by atomic mass is 9.66. The molecule has 1 aliphatic carbocycles. The molecule has 0 aromatic heterocycles. The molecule has 2 heteroatoms. The van der Waals surface area contributed by atoms with E-state index in [1.807, 2.05) is 0 Å². The summed E-state index contributed by atoms with van der Waals surface area (Å²) in [5.74, 6) is 0. The minimum atomic E-state index is -0.638. The van der Waals surface area contributed by atoms with Crippen molar-refractivity contribution >= 4 is 66.4 Å². The van der Waals surface area contributed by atoms with Crippen LogP contribution in [0.4, 0.5) is 34.1 Å². The van der Waals surface area contributed by atoms with Crippen molar-refractivity contribution in [3.8, 4) is 11.1 Å². The van der Waals surface area contributed by atoms with Gasteiger partial charge >= 0.3 is 0 Å². The van der Waals surface area contributed by atoms with Gasteiger partial charge in [-0.15, -0.1) is 0 Å². The summed E-state index contributed by atoms with van der Waals surface area (Å²) in [5.41, 5.74) is 18.8. The Hall–Kier alpha value is -8.20. The van der Waals surface area contributed by atoms with Crippen LogP contribution in [0, 0.1) is 27.7 Å². The second kappa shape index (κ2) is 16.0. The first-order valence-electron chi connectivity index (χ1n) is 23.4. The topological polar surface area (TPSA) is 6.48 Å². The van der Waals surface area contributed by atoms with Gasteiger partial charge in [0, 0.05) is 34.1 Å². The monoisotopic (exact) mass is 858 g/mol. The number of para-hydroxylation sites is 2. The number of hydrogen-bond donors (Lipinski definition) is 0. The van der Waals surface area contributed by atoms with Crippen LogP contribution in [0.15, 0.2) is 231 Å². The summed E-state index contributed by atoms with van der Waals surface area (Å²) in [6.45, 7) is 8.75. The van der Waals surface area contributed by atoms with E-state index in [0.717, 1.165) is 34.1 Å². The van der Waals surface area contributed by atoms with Crippen molar-refractivity contribution in [3.05, 3.63) is 275 Å². The molecule has 0 atom stereocenters. The van der Waals surface area contributed by atoms with E-state index < -0.39 is 5.41 Å². The quantitative estimate of drug-likeness (QED) is 0.141. The van der Waals surface area contributed by atoms with Crippen molar-refractivity contribution < 1.29 is 0 Å². The Labute approximate surface area is 393 Å². The van der Waals surface area contributed by atoms with Crippen LogP contribution in [0.5, 0.6) is 0 Å². The van der Waals surface area contributed by atoms with Gasteiger partial charge in [0.25, 0.3) is 0 Å². The lowest BCUT2D eigenvalue weighted by Gasteiger charge is -2.35. The fraction of sp³-hybridized carbons (Fsp3) is 0.0769. The molecule has 0 fully saturated rings. The van der Waals surface area contributed by atoms with Crippen molar-refractivity contribution in [1.29, 1.82) is 0 Å². The maximum Gasteiger partial charge on any atom is 0.0720 e. The maximum absolute atomic E-state index is 2.52. The molecule has 0 N–H and O–H groups in total. The van der Waals surface area contributed by atoms with Gasteiger partial charge in [-0.1, -0.05) is 146 Å². The van der Waals surface area contributed by atoms with E-state index >= 15 is 0 Å². The van der Waals surface area contributed by atoms with Gasteiger partial charge in [0.05, 0.1) is 5.41 Å². The van der Waals surface area contributed by atoms with E-state index in [-0.39, 0.29) is 0 Å². The molecule has 0 saturated carbocycles. The lowest BCUT2D eigenvalue weighted by molar-refractivity contribution is 0.777. The zero-order valence-electron chi connectivity index (χ0n) is 38.3. The van der Waals surface area contributed by atoms with Crippen LogP contribution in [0.3, 0.4) is 0 Å². The van der Waals surface area contributed by atoms with Crippen LogP contribution < -0.4 is 9.80 Å². The van der Waals surface area contributed by atoms with Crippen LogP contribution >= 0.6 is 0 Å². The average Bonchev–Trinajstić information content (AvgIpc) is 3.65. The molecule has 320 valence electrons. The Bertz CT molecular complexity index is 3590. The minimum Gasteiger partial charge on any atom is -0.310 e. The normalized spacial score (nSPS) is 12.6. The number of fused-ring (bicyclic) bond motifs is 9. The van der Waals surface area contributed by atoms with Gasteiger partial charge in [0.2, 0.25) is 0 Å². The van der Waals surface area contributed by atoms with Crippen molar-refractivity contribution in [2.45, 2.75) is 33.1 Å². The highest BCUT2D eigenvalue weighted by Gasteiger charge is 2.48. The van der Waals surface area contributed by atoms with Gasteiger partial charge in [0.1, 0.15) is 0 Å². The molecule has 0 amide bonds. The second-order valence-electron chi connectivity index (χ2n) is 18.5. The summed E-state index contributed by atoms with van der Waals surface area (Å²) >= 11 is 0. The zero-order chi connectivity index (χ0) is 45.2. The van der Waals surface area contributed by atoms with Gasteiger partial charge in [-0.3, -0.25) is 0 Å². The van der Waals surface area contributed by atoms with Gasteiger partial charge < -0.3 is 9.80 Å². The van der Waals surface area contributed by atoms with Gasteiger partial charge in [0.15, 0.2) is 0 Å². The van der Waals surface area contributed by atoms with E-state index in [1.54, 1.807) is 0 Å². The predicted molar refractivity (Wildman–Crippen MR) is 285 cm³/mol. The van der Waals surface area contributed by atoms with Crippen molar-refractivity contribution in [3.63, 3.8) is 0 Å². The van der Waals surface area contributed by atoms with Crippen molar-refractivity contribution in [2.75, 3.05) is 9.80 Å². The molecule has 0 saturated heterocycles. The molecular formula is C65H50N2. The first-order chi connectivity index (χ1) is 32.8.